The van der Waals surface area contributed by atoms with Gasteiger partial charge >= 0.3 is 0 Å². The molecule has 0 aliphatic heterocycles. The van der Waals surface area contributed by atoms with Crippen molar-refractivity contribution >= 4 is 31.9 Å². The maximum Gasteiger partial charge on any atom is 0.0323 e. The molecule has 2 N–H and O–H groups in total. The summed E-state index contributed by atoms with van der Waals surface area (Å²) in [5.74, 6) is 0.716. The molecule has 1 aromatic carbocycles. The lowest BCUT2D eigenvalue weighted by Crippen LogP contribution is -2.12. The molecule has 0 bridgehead atoms. The molecule has 1 aromatic rings. The molecule has 1 aliphatic rings. The summed E-state index contributed by atoms with van der Waals surface area (Å²) in [6.07, 6.45) is 2.57. The van der Waals surface area contributed by atoms with Crippen LogP contribution in [0.4, 0.5) is 0 Å². The summed E-state index contributed by atoms with van der Waals surface area (Å²) < 4.78 is 2.17. The van der Waals surface area contributed by atoms with Crippen molar-refractivity contribution in [3.05, 3.63) is 32.7 Å². The van der Waals surface area contributed by atoms with Crippen LogP contribution < -0.4 is 5.73 Å². The SMILES string of the molecule is NC(c1ccc(Br)c(Br)c1)C1CC1. The van der Waals surface area contributed by atoms with Gasteiger partial charge in [-0.15, -0.1) is 0 Å². The molecule has 3 heteroatoms. The number of halogens is 2. The zero-order valence-corrected chi connectivity index (χ0v) is 10.3. The van der Waals surface area contributed by atoms with E-state index < -0.39 is 0 Å². The maximum atomic E-state index is 6.08. The highest BCUT2D eigenvalue weighted by molar-refractivity contribution is 9.13. The van der Waals surface area contributed by atoms with Gasteiger partial charge in [-0.2, -0.15) is 0 Å². The summed E-state index contributed by atoms with van der Waals surface area (Å²) in [5.41, 5.74) is 7.32. The number of nitrogens with two attached hydrogens (primary N) is 1. The van der Waals surface area contributed by atoms with E-state index in [1.807, 2.05) is 6.07 Å². The molecule has 70 valence electrons. The molecule has 0 amide bonds. The highest BCUT2D eigenvalue weighted by Crippen LogP contribution is 2.40. The normalized spacial score (nSPS) is 18.7. The molecule has 1 fully saturated rings. The van der Waals surface area contributed by atoms with Crippen LogP contribution in [0.1, 0.15) is 24.4 Å². The predicted molar refractivity (Wildman–Crippen MR) is 61.5 cm³/mol. The summed E-state index contributed by atoms with van der Waals surface area (Å²) in [7, 11) is 0. The summed E-state index contributed by atoms with van der Waals surface area (Å²) in [6, 6.07) is 6.47. The van der Waals surface area contributed by atoms with Crippen molar-refractivity contribution in [3.63, 3.8) is 0 Å². The highest BCUT2D eigenvalue weighted by atomic mass is 79.9. The fourth-order valence-corrected chi connectivity index (χ4v) is 2.09. The molecule has 1 unspecified atom stereocenters. The third kappa shape index (κ3) is 2.14. The van der Waals surface area contributed by atoms with Gasteiger partial charge in [-0.05, 0) is 68.3 Å². The van der Waals surface area contributed by atoms with E-state index in [1.54, 1.807) is 0 Å². The predicted octanol–water partition coefficient (Wildman–Crippen LogP) is 3.62. The van der Waals surface area contributed by atoms with Gasteiger partial charge < -0.3 is 5.73 Å². The number of rotatable bonds is 2. The van der Waals surface area contributed by atoms with Gasteiger partial charge in [0.25, 0.3) is 0 Å². The Bertz CT molecular complexity index is 321. The first kappa shape index (κ1) is 9.69. The summed E-state index contributed by atoms with van der Waals surface area (Å²) in [6.45, 7) is 0. The molecule has 0 heterocycles. The van der Waals surface area contributed by atoms with E-state index in [-0.39, 0.29) is 6.04 Å². The second-order valence-electron chi connectivity index (χ2n) is 3.54. The topological polar surface area (TPSA) is 26.0 Å². The molecule has 0 radical (unpaired) electrons. The maximum absolute atomic E-state index is 6.08. The molecule has 0 saturated heterocycles. The van der Waals surface area contributed by atoms with Crippen molar-refractivity contribution in [3.8, 4) is 0 Å². The Balaban J connectivity index is 2.24. The lowest BCUT2D eigenvalue weighted by atomic mass is 10.0. The van der Waals surface area contributed by atoms with Gasteiger partial charge in [0.1, 0.15) is 0 Å². The van der Waals surface area contributed by atoms with Crippen molar-refractivity contribution in [1.82, 2.24) is 0 Å². The summed E-state index contributed by atoms with van der Waals surface area (Å²) in [4.78, 5) is 0. The van der Waals surface area contributed by atoms with E-state index >= 15 is 0 Å². The lowest BCUT2D eigenvalue weighted by Gasteiger charge is -2.11. The van der Waals surface area contributed by atoms with Gasteiger partial charge in [0.15, 0.2) is 0 Å². The molecular weight excluding hydrogens is 294 g/mol. The molecule has 1 atom stereocenters. The van der Waals surface area contributed by atoms with Crippen LogP contribution in [0, 0.1) is 5.92 Å². The first-order chi connectivity index (χ1) is 6.18. The van der Waals surface area contributed by atoms with Crippen LogP contribution in [0.15, 0.2) is 27.1 Å². The Kier molecular flexibility index (Phi) is 2.77. The van der Waals surface area contributed by atoms with Crippen molar-refractivity contribution in [2.24, 2.45) is 11.7 Å². The zero-order valence-electron chi connectivity index (χ0n) is 7.13. The minimum Gasteiger partial charge on any atom is -0.324 e. The van der Waals surface area contributed by atoms with Crippen molar-refractivity contribution in [2.45, 2.75) is 18.9 Å². The Morgan fingerprint density at radius 1 is 1.23 bits per heavy atom. The second-order valence-corrected chi connectivity index (χ2v) is 5.25. The number of hydrogen-bond donors (Lipinski definition) is 1. The Morgan fingerprint density at radius 2 is 1.92 bits per heavy atom. The van der Waals surface area contributed by atoms with Crippen molar-refractivity contribution in [2.75, 3.05) is 0 Å². The van der Waals surface area contributed by atoms with Crippen LogP contribution in [-0.4, -0.2) is 0 Å². The average molecular weight is 305 g/mol. The summed E-state index contributed by atoms with van der Waals surface area (Å²) in [5, 5.41) is 0. The van der Waals surface area contributed by atoms with Crippen LogP contribution in [0.25, 0.3) is 0 Å². The summed E-state index contributed by atoms with van der Waals surface area (Å²) >= 11 is 6.92. The molecule has 0 aromatic heterocycles. The number of hydrogen-bond acceptors (Lipinski definition) is 1. The molecule has 1 saturated carbocycles. The van der Waals surface area contributed by atoms with E-state index in [9.17, 15) is 0 Å². The van der Waals surface area contributed by atoms with Gasteiger partial charge in [0.2, 0.25) is 0 Å². The number of benzene rings is 1. The molecule has 0 spiro atoms. The first-order valence-corrected chi connectivity index (χ1v) is 5.97. The van der Waals surface area contributed by atoms with Crippen LogP contribution in [0.2, 0.25) is 0 Å². The minimum atomic E-state index is 0.226. The van der Waals surface area contributed by atoms with Crippen LogP contribution >= 0.6 is 31.9 Å². The largest absolute Gasteiger partial charge is 0.324 e. The van der Waals surface area contributed by atoms with E-state index in [4.69, 9.17) is 5.73 Å². The zero-order chi connectivity index (χ0) is 9.42. The Labute approximate surface area is 95.0 Å². The first-order valence-electron chi connectivity index (χ1n) is 4.39. The van der Waals surface area contributed by atoms with E-state index in [2.05, 4.69) is 44.0 Å². The van der Waals surface area contributed by atoms with E-state index in [0.29, 0.717) is 5.92 Å². The lowest BCUT2D eigenvalue weighted by molar-refractivity contribution is 0.633. The standard InChI is InChI=1S/C10H11Br2N/c11-8-4-3-7(5-9(8)12)10(13)6-1-2-6/h3-6,10H,1-2,13H2. The fraction of sp³-hybridized carbons (Fsp3) is 0.400. The van der Waals surface area contributed by atoms with Gasteiger partial charge in [0, 0.05) is 15.0 Å². The van der Waals surface area contributed by atoms with Gasteiger partial charge in [-0.25, -0.2) is 0 Å². The van der Waals surface area contributed by atoms with Crippen LogP contribution in [0.3, 0.4) is 0 Å². The smallest absolute Gasteiger partial charge is 0.0323 e. The van der Waals surface area contributed by atoms with Gasteiger partial charge in [0.05, 0.1) is 0 Å². The van der Waals surface area contributed by atoms with E-state index in [0.717, 1.165) is 8.95 Å². The fourth-order valence-electron chi connectivity index (χ4n) is 1.45. The Hall–Kier alpha value is 0.140. The average Bonchev–Trinajstić information content (AvgIpc) is 2.91. The highest BCUT2D eigenvalue weighted by Gasteiger charge is 2.29. The van der Waals surface area contributed by atoms with Crippen LogP contribution in [0.5, 0.6) is 0 Å². The monoisotopic (exact) mass is 303 g/mol. The third-order valence-electron chi connectivity index (χ3n) is 2.46. The van der Waals surface area contributed by atoms with Crippen molar-refractivity contribution in [1.29, 1.82) is 0 Å². The molecule has 13 heavy (non-hydrogen) atoms. The van der Waals surface area contributed by atoms with Gasteiger partial charge in [-0.3, -0.25) is 0 Å². The molecular formula is C10H11Br2N. The Morgan fingerprint density at radius 3 is 2.46 bits per heavy atom. The van der Waals surface area contributed by atoms with E-state index in [1.165, 1.54) is 18.4 Å². The minimum absolute atomic E-state index is 0.226. The second kappa shape index (κ2) is 3.71. The van der Waals surface area contributed by atoms with Gasteiger partial charge in [-0.1, -0.05) is 6.07 Å². The third-order valence-corrected chi connectivity index (χ3v) is 4.34. The quantitative estimate of drug-likeness (QED) is 0.887. The van der Waals surface area contributed by atoms with Crippen LogP contribution in [-0.2, 0) is 0 Å². The van der Waals surface area contributed by atoms with Crippen molar-refractivity contribution < 1.29 is 0 Å². The molecule has 1 nitrogen and oxygen atoms in total. The molecule has 1 aliphatic carbocycles. The molecule has 2 rings (SSSR count).